The summed E-state index contributed by atoms with van der Waals surface area (Å²) in [5.41, 5.74) is 0.155. The summed E-state index contributed by atoms with van der Waals surface area (Å²) in [5.74, 6) is -0.309. The van der Waals surface area contributed by atoms with Crippen LogP contribution >= 0.6 is 0 Å². The number of benzene rings is 1. The topological polar surface area (TPSA) is 49.8 Å². The predicted octanol–water partition coefficient (Wildman–Crippen LogP) is 2.44. The lowest BCUT2D eigenvalue weighted by atomic mass is 9.89. The van der Waals surface area contributed by atoms with Crippen LogP contribution in [-0.2, 0) is 10.3 Å². The van der Waals surface area contributed by atoms with Crippen LogP contribution < -0.4 is 0 Å². The minimum atomic E-state index is -0.946. The second-order valence-corrected chi connectivity index (χ2v) is 4.41. The molecule has 0 aliphatic carbocycles. The minimum Gasteiger partial charge on any atom is -0.465 e. The van der Waals surface area contributed by atoms with Crippen LogP contribution in [0.15, 0.2) is 24.3 Å². The Kier molecular flexibility index (Phi) is 3.52. The number of hydrogen-bond donors (Lipinski definition) is 1. The standard InChI is InChI=1S/C13H16FNO3/c1-2-13(10-3-5-11(14)6-4-10)9-15(12(16)17)7-8-18-13/h3-6H,2,7-9H2,1H3,(H,16,17). The van der Waals surface area contributed by atoms with Gasteiger partial charge in [0.1, 0.15) is 11.4 Å². The first kappa shape index (κ1) is 12.8. The molecule has 2 rings (SSSR count). The molecule has 1 fully saturated rings. The van der Waals surface area contributed by atoms with Crippen LogP contribution in [0.3, 0.4) is 0 Å². The van der Waals surface area contributed by atoms with Crippen molar-refractivity contribution in [2.24, 2.45) is 0 Å². The molecule has 5 heteroatoms. The summed E-state index contributed by atoms with van der Waals surface area (Å²) in [4.78, 5) is 12.4. The number of amides is 1. The number of nitrogens with zero attached hydrogens (tertiary/aromatic N) is 1. The summed E-state index contributed by atoms with van der Waals surface area (Å²) in [6.07, 6.45) is -0.305. The first-order valence-corrected chi connectivity index (χ1v) is 5.95. The van der Waals surface area contributed by atoms with Crippen molar-refractivity contribution in [3.05, 3.63) is 35.6 Å². The van der Waals surface area contributed by atoms with E-state index < -0.39 is 11.7 Å². The SMILES string of the molecule is CCC1(c2ccc(F)cc2)CN(C(=O)O)CCO1. The zero-order valence-electron chi connectivity index (χ0n) is 10.2. The molecule has 1 N–H and O–H groups in total. The molecule has 1 saturated heterocycles. The van der Waals surface area contributed by atoms with Gasteiger partial charge in [-0.3, -0.25) is 0 Å². The van der Waals surface area contributed by atoms with Crippen molar-refractivity contribution in [3.8, 4) is 0 Å². The summed E-state index contributed by atoms with van der Waals surface area (Å²) in [5, 5.41) is 9.07. The summed E-state index contributed by atoms with van der Waals surface area (Å²) in [7, 11) is 0. The summed E-state index contributed by atoms with van der Waals surface area (Å²) in [6, 6.07) is 6.06. The number of rotatable bonds is 2. The molecule has 0 radical (unpaired) electrons. The highest BCUT2D eigenvalue weighted by Crippen LogP contribution is 2.33. The smallest absolute Gasteiger partial charge is 0.407 e. The first-order valence-electron chi connectivity index (χ1n) is 5.95. The van der Waals surface area contributed by atoms with E-state index in [0.29, 0.717) is 19.6 Å². The molecule has 1 amide bonds. The summed E-state index contributed by atoms with van der Waals surface area (Å²) in [6.45, 7) is 2.95. The second-order valence-electron chi connectivity index (χ2n) is 4.41. The Morgan fingerprint density at radius 2 is 2.17 bits per heavy atom. The fraction of sp³-hybridized carbons (Fsp3) is 0.462. The Labute approximate surface area is 105 Å². The largest absolute Gasteiger partial charge is 0.465 e. The normalized spacial score (nSPS) is 24.0. The van der Waals surface area contributed by atoms with E-state index >= 15 is 0 Å². The van der Waals surface area contributed by atoms with Crippen molar-refractivity contribution in [3.63, 3.8) is 0 Å². The van der Waals surface area contributed by atoms with Crippen LogP contribution in [0, 0.1) is 5.82 Å². The third-order valence-electron chi connectivity index (χ3n) is 3.40. The molecule has 0 spiro atoms. The van der Waals surface area contributed by atoms with Crippen LogP contribution in [0.2, 0.25) is 0 Å². The van der Waals surface area contributed by atoms with E-state index in [0.717, 1.165) is 5.56 Å². The van der Waals surface area contributed by atoms with Gasteiger partial charge in [-0.25, -0.2) is 9.18 Å². The molecule has 1 unspecified atom stereocenters. The van der Waals surface area contributed by atoms with Crippen molar-refractivity contribution in [2.45, 2.75) is 18.9 Å². The maximum Gasteiger partial charge on any atom is 0.407 e. The Balaban J connectivity index is 2.29. The highest BCUT2D eigenvalue weighted by molar-refractivity contribution is 5.65. The zero-order valence-corrected chi connectivity index (χ0v) is 10.2. The predicted molar refractivity (Wildman–Crippen MR) is 63.9 cm³/mol. The highest BCUT2D eigenvalue weighted by Gasteiger charge is 2.38. The fourth-order valence-electron chi connectivity index (χ4n) is 2.29. The van der Waals surface area contributed by atoms with Crippen molar-refractivity contribution in [1.82, 2.24) is 4.90 Å². The number of halogens is 1. The molecule has 0 aromatic heterocycles. The van der Waals surface area contributed by atoms with Gasteiger partial charge < -0.3 is 14.7 Å². The Morgan fingerprint density at radius 1 is 1.50 bits per heavy atom. The molecular weight excluding hydrogens is 237 g/mol. The number of carboxylic acid groups (broad SMARTS) is 1. The number of morpholine rings is 1. The molecule has 18 heavy (non-hydrogen) atoms. The van der Waals surface area contributed by atoms with E-state index in [1.54, 1.807) is 12.1 Å². The summed E-state index contributed by atoms with van der Waals surface area (Å²) >= 11 is 0. The maximum absolute atomic E-state index is 12.9. The van der Waals surface area contributed by atoms with Gasteiger partial charge in [0, 0.05) is 6.54 Å². The molecule has 1 aliphatic heterocycles. The Bertz CT molecular complexity index is 434. The third-order valence-corrected chi connectivity index (χ3v) is 3.40. The van der Waals surface area contributed by atoms with Crippen LogP contribution in [-0.4, -0.2) is 35.8 Å². The minimum absolute atomic E-state index is 0.282. The average molecular weight is 253 g/mol. The van der Waals surface area contributed by atoms with Gasteiger partial charge in [-0.15, -0.1) is 0 Å². The number of hydrogen-bond acceptors (Lipinski definition) is 2. The maximum atomic E-state index is 12.9. The van der Waals surface area contributed by atoms with Crippen LogP contribution in [0.5, 0.6) is 0 Å². The molecule has 1 aliphatic rings. The van der Waals surface area contributed by atoms with Crippen LogP contribution in [0.1, 0.15) is 18.9 Å². The number of carbonyl (C=O) groups is 1. The van der Waals surface area contributed by atoms with Crippen LogP contribution in [0.4, 0.5) is 9.18 Å². The van der Waals surface area contributed by atoms with Crippen molar-refractivity contribution in [1.29, 1.82) is 0 Å². The van der Waals surface area contributed by atoms with Gasteiger partial charge in [0.2, 0.25) is 0 Å². The van der Waals surface area contributed by atoms with E-state index in [4.69, 9.17) is 9.84 Å². The molecule has 4 nitrogen and oxygen atoms in total. The molecule has 98 valence electrons. The monoisotopic (exact) mass is 253 g/mol. The van der Waals surface area contributed by atoms with Crippen molar-refractivity contribution < 1.29 is 19.0 Å². The molecule has 1 atom stereocenters. The van der Waals surface area contributed by atoms with Gasteiger partial charge >= 0.3 is 6.09 Å². The average Bonchev–Trinajstić information content (AvgIpc) is 2.39. The van der Waals surface area contributed by atoms with E-state index in [1.807, 2.05) is 6.92 Å². The van der Waals surface area contributed by atoms with Crippen molar-refractivity contribution >= 4 is 6.09 Å². The van der Waals surface area contributed by atoms with E-state index in [1.165, 1.54) is 17.0 Å². The lowest BCUT2D eigenvalue weighted by molar-refractivity contribution is -0.109. The quantitative estimate of drug-likeness (QED) is 0.880. The second kappa shape index (κ2) is 4.94. The van der Waals surface area contributed by atoms with Gasteiger partial charge in [-0.05, 0) is 24.1 Å². The fourth-order valence-corrected chi connectivity index (χ4v) is 2.29. The van der Waals surface area contributed by atoms with Crippen LogP contribution in [0.25, 0.3) is 0 Å². The Hall–Kier alpha value is -1.62. The van der Waals surface area contributed by atoms with E-state index in [9.17, 15) is 9.18 Å². The van der Waals surface area contributed by atoms with Gasteiger partial charge in [-0.1, -0.05) is 19.1 Å². The molecule has 0 bridgehead atoms. The molecule has 1 aromatic carbocycles. The molecule has 1 aromatic rings. The zero-order chi connectivity index (χ0) is 13.2. The summed E-state index contributed by atoms with van der Waals surface area (Å²) < 4.78 is 18.7. The van der Waals surface area contributed by atoms with Gasteiger partial charge in [0.25, 0.3) is 0 Å². The lowest BCUT2D eigenvalue weighted by Crippen LogP contribution is -2.51. The highest BCUT2D eigenvalue weighted by atomic mass is 19.1. The Morgan fingerprint density at radius 3 is 2.72 bits per heavy atom. The first-order chi connectivity index (χ1) is 8.57. The molecule has 1 heterocycles. The molecule has 0 saturated carbocycles. The van der Waals surface area contributed by atoms with Gasteiger partial charge in [0.05, 0.1) is 13.2 Å². The van der Waals surface area contributed by atoms with E-state index in [2.05, 4.69) is 0 Å². The lowest BCUT2D eigenvalue weighted by Gasteiger charge is -2.41. The van der Waals surface area contributed by atoms with Gasteiger partial charge in [-0.2, -0.15) is 0 Å². The van der Waals surface area contributed by atoms with Gasteiger partial charge in [0.15, 0.2) is 0 Å². The van der Waals surface area contributed by atoms with E-state index in [-0.39, 0.29) is 12.4 Å². The molecular formula is C13H16FNO3. The third kappa shape index (κ3) is 2.31. The van der Waals surface area contributed by atoms with Crippen molar-refractivity contribution in [2.75, 3.05) is 19.7 Å². The number of ether oxygens (including phenoxy) is 1.